The standard InChI is InChI=1S/C14H18N4O2/c1-10(2)7-11-3-5-12(6-4-11)9-17-14(15)13(8-16-17)18(19)20/h3-6,8,10H,7,9,15H2,1-2H3. The second kappa shape index (κ2) is 5.73. The molecule has 0 saturated carbocycles. The molecular weight excluding hydrogens is 256 g/mol. The Morgan fingerprint density at radius 1 is 1.30 bits per heavy atom. The van der Waals surface area contributed by atoms with E-state index in [1.807, 2.05) is 12.1 Å². The Hall–Kier alpha value is -2.37. The Kier molecular flexibility index (Phi) is 4.02. The van der Waals surface area contributed by atoms with Gasteiger partial charge in [-0.1, -0.05) is 38.1 Å². The van der Waals surface area contributed by atoms with Crippen LogP contribution in [0.4, 0.5) is 11.5 Å². The van der Waals surface area contributed by atoms with Crippen LogP contribution >= 0.6 is 0 Å². The van der Waals surface area contributed by atoms with E-state index in [1.54, 1.807) is 0 Å². The maximum absolute atomic E-state index is 10.7. The van der Waals surface area contributed by atoms with Gasteiger partial charge in [-0.3, -0.25) is 10.1 Å². The maximum Gasteiger partial charge on any atom is 0.330 e. The molecule has 0 bridgehead atoms. The van der Waals surface area contributed by atoms with Crippen LogP contribution in [0.1, 0.15) is 25.0 Å². The van der Waals surface area contributed by atoms with Gasteiger partial charge in [-0.05, 0) is 23.5 Å². The lowest BCUT2D eigenvalue weighted by Gasteiger charge is -2.07. The highest BCUT2D eigenvalue weighted by Gasteiger charge is 2.17. The number of anilines is 1. The fourth-order valence-corrected chi connectivity index (χ4v) is 2.08. The molecule has 0 saturated heterocycles. The zero-order valence-corrected chi connectivity index (χ0v) is 11.6. The van der Waals surface area contributed by atoms with Crippen LogP contribution in [0, 0.1) is 16.0 Å². The third-order valence-corrected chi connectivity index (χ3v) is 3.06. The second-order valence-electron chi connectivity index (χ2n) is 5.24. The monoisotopic (exact) mass is 274 g/mol. The van der Waals surface area contributed by atoms with E-state index in [0.717, 1.165) is 12.0 Å². The lowest BCUT2D eigenvalue weighted by molar-refractivity contribution is -0.384. The highest BCUT2D eigenvalue weighted by molar-refractivity contribution is 5.51. The lowest BCUT2D eigenvalue weighted by atomic mass is 10.0. The number of rotatable bonds is 5. The van der Waals surface area contributed by atoms with E-state index in [2.05, 4.69) is 31.1 Å². The molecule has 0 aliphatic carbocycles. The minimum absolute atomic E-state index is 0.0845. The summed E-state index contributed by atoms with van der Waals surface area (Å²) >= 11 is 0. The number of hydrogen-bond donors (Lipinski definition) is 1. The van der Waals surface area contributed by atoms with Crippen molar-refractivity contribution in [1.29, 1.82) is 0 Å². The number of nitrogens with zero attached hydrogens (tertiary/aromatic N) is 3. The largest absolute Gasteiger partial charge is 0.378 e. The third kappa shape index (κ3) is 3.14. The van der Waals surface area contributed by atoms with Crippen LogP contribution in [0.25, 0.3) is 0 Å². The Morgan fingerprint density at radius 3 is 2.40 bits per heavy atom. The second-order valence-corrected chi connectivity index (χ2v) is 5.24. The number of nitro groups is 1. The van der Waals surface area contributed by atoms with Gasteiger partial charge in [-0.2, -0.15) is 5.10 Å². The Balaban J connectivity index is 2.12. The summed E-state index contributed by atoms with van der Waals surface area (Å²) in [6.07, 6.45) is 2.22. The number of nitrogen functional groups attached to an aromatic ring is 1. The highest BCUT2D eigenvalue weighted by Crippen LogP contribution is 2.21. The molecule has 6 nitrogen and oxygen atoms in total. The Bertz CT molecular complexity index is 602. The summed E-state index contributed by atoms with van der Waals surface area (Å²) in [5.74, 6) is 0.700. The predicted molar refractivity (Wildman–Crippen MR) is 77.4 cm³/mol. The molecule has 106 valence electrons. The molecule has 2 aromatic rings. The lowest BCUT2D eigenvalue weighted by Crippen LogP contribution is -2.06. The summed E-state index contributed by atoms with van der Waals surface area (Å²) in [5.41, 5.74) is 7.85. The van der Waals surface area contributed by atoms with Gasteiger partial charge in [-0.15, -0.1) is 0 Å². The van der Waals surface area contributed by atoms with Crippen LogP contribution in [-0.4, -0.2) is 14.7 Å². The first-order valence-electron chi connectivity index (χ1n) is 6.51. The quantitative estimate of drug-likeness (QED) is 0.670. The van der Waals surface area contributed by atoms with E-state index >= 15 is 0 Å². The molecule has 0 unspecified atom stereocenters. The first-order valence-corrected chi connectivity index (χ1v) is 6.51. The van der Waals surface area contributed by atoms with Gasteiger partial charge in [0.1, 0.15) is 6.20 Å². The third-order valence-electron chi connectivity index (χ3n) is 3.06. The van der Waals surface area contributed by atoms with Crippen molar-refractivity contribution in [2.75, 3.05) is 5.73 Å². The number of nitrogens with two attached hydrogens (primary N) is 1. The van der Waals surface area contributed by atoms with Crippen molar-refractivity contribution < 1.29 is 4.92 Å². The van der Waals surface area contributed by atoms with Gasteiger partial charge < -0.3 is 5.73 Å². The summed E-state index contributed by atoms with van der Waals surface area (Å²) in [6, 6.07) is 8.15. The van der Waals surface area contributed by atoms with Crippen LogP contribution in [0.5, 0.6) is 0 Å². The molecule has 0 aliphatic heterocycles. The van der Waals surface area contributed by atoms with Gasteiger partial charge in [0.05, 0.1) is 11.5 Å². The SMILES string of the molecule is CC(C)Cc1ccc(Cn2ncc([N+](=O)[O-])c2N)cc1. The molecule has 0 amide bonds. The van der Waals surface area contributed by atoms with Gasteiger partial charge in [-0.25, -0.2) is 4.68 Å². The summed E-state index contributed by atoms with van der Waals surface area (Å²) in [6.45, 7) is 4.79. The van der Waals surface area contributed by atoms with E-state index in [1.165, 1.54) is 16.4 Å². The van der Waals surface area contributed by atoms with E-state index in [4.69, 9.17) is 5.73 Å². The molecule has 0 fully saturated rings. The zero-order chi connectivity index (χ0) is 14.7. The molecule has 0 atom stereocenters. The summed E-state index contributed by atoms with van der Waals surface area (Å²) in [7, 11) is 0. The highest BCUT2D eigenvalue weighted by atomic mass is 16.6. The topological polar surface area (TPSA) is 87.0 Å². The molecule has 0 spiro atoms. The molecule has 20 heavy (non-hydrogen) atoms. The fraction of sp³-hybridized carbons (Fsp3) is 0.357. The predicted octanol–water partition coefficient (Wildman–Crippen LogP) is 2.62. The van der Waals surface area contributed by atoms with Crippen LogP contribution in [-0.2, 0) is 13.0 Å². The van der Waals surface area contributed by atoms with Crippen molar-refractivity contribution in [1.82, 2.24) is 9.78 Å². The summed E-state index contributed by atoms with van der Waals surface area (Å²) < 4.78 is 1.44. The Morgan fingerprint density at radius 2 is 1.90 bits per heavy atom. The van der Waals surface area contributed by atoms with E-state index in [-0.39, 0.29) is 11.5 Å². The summed E-state index contributed by atoms with van der Waals surface area (Å²) in [4.78, 5) is 10.2. The van der Waals surface area contributed by atoms with E-state index in [0.29, 0.717) is 12.5 Å². The van der Waals surface area contributed by atoms with Crippen molar-refractivity contribution in [3.63, 3.8) is 0 Å². The average molecular weight is 274 g/mol. The molecule has 2 rings (SSSR count). The van der Waals surface area contributed by atoms with Crippen molar-refractivity contribution in [3.05, 3.63) is 51.7 Å². The van der Waals surface area contributed by atoms with E-state index < -0.39 is 4.92 Å². The van der Waals surface area contributed by atoms with Crippen LogP contribution < -0.4 is 5.73 Å². The van der Waals surface area contributed by atoms with E-state index in [9.17, 15) is 10.1 Å². The van der Waals surface area contributed by atoms with Gasteiger partial charge in [0.2, 0.25) is 5.82 Å². The van der Waals surface area contributed by atoms with Crippen molar-refractivity contribution >= 4 is 11.5 Å². The molecule has 0 aliphatic rings. The van der Waals surface area contributed by atoms with Crippen molar-refractivity contribution in [2.45, 2.75) is 26.8 Å². The molecule has 1 aromatic carbocycles. The zero-order valence-electron chi connectivity index (χ0n) is 11.6. The van der Waals surface area contributed by atoms with Crippen molar-refractivity contribution in [2.24, 2.45) is 5.92 Å². The first-order chi connectivity index (χ1) is 9.47. The normalized spacial score (nSPS) is 10.9. The molecule has 0 radical (unpaired) electrons. The van der Waals surface area contributed by atoms with Gasteiger partial charge in [0.25, 0.3) is 0 Å². The number of hydrogen-bond acceptors (Lipinski definition) is 4. The Labute approximate surface area is 117 Å². The van der Waals surface area contributed by atoms with Crippen LogP contribution in [0.3, 0.4) is 0 Å². The van der Waals surface area contributed by atoms with Crippen LogP contribution in [0.2, 0.25) is 0 Å². The van der Waals surface area contributed by atoms with Gasteiger partial charge >= 0.3 is 5.69 Å². The molecule has 6 heteroatoms. The van der Waals surface area contributed by atoms with Gasteiger partial charge in [0.15, 0.2) is 0 Å². The minimum Gasteiger partial charge on any atom is -0.378 e. The average Bonchev–Trinajstić information content (AvgIpc) is 2.73. The van der Waals surface area contributed by atoms with Gasteiger partial charge in [0, 0.05) is 0 Å². The molecular formula is C14H18N4O2. The number of aromatic nitrogens is 2. The minimum atomic E-state index is -0.523. The fourth-order valence-electron chi connectivity index (χ4n) is 2.08. The first kappa shape index (κ1) is 14.0. The molecule has 2 N–H and O–H groups in total. The summed E-state index contributed by atoms with van der Waals surface area (Å²) in [5, 5.41) is 14.7. The molecule has 1 heterocycles. The van der Waals surface area contributed by atoms with Crippen molar-refractivity contribution in [3.8, 4) is 0 Å². The van der Waals surface area contributed by atoms with Crippen LogP contribution in [0.15, 0.2) is 30.5 Å². The maximum atomic E-state index is 10.7. The number of benzene rings is 1. The molecule has 1 aromatic heterocycles. The smallest absolute Gasteiger partial charge is 0.330 e.